The third kappa shape index (κ3) is 5.59. The summed E-state index contributed by atoms with van der Waals surface area (Å²) in [5.41, 5.74) is 2.56. The van der Waals surface area contributed by atoms with Crippen molar-refractivity contribution < 1.29 is 9.59 Å². The van der Waals surface area contributed by atoms with Crippen LogP contribution in [0.4, 0.5) is 0 Å². The molecule has 0 aromatic heterocycles. The molecule has 7 nitrogen and oxygen atoms in total. The van der Waals surface area contributed by atoms with Gasteiger partial charge in [0.25, 0.3) is 0 Å². The second kappa shape index (κ2) is 10.6. The number of aliphatic imine (C=N–C) groups is 1. The van der Waals surface area contributed by atoms with E-state index >= 15 is 0 Å². The van der Waals surface area contributed by atoms with Crippen LogP contribution in [0.1, 0.15) is 30.9 Å². The lowest BCUT2D eigenvalue weighted by atomic mass is 10.00. The second-order valence-corrected chi connectivity index (χ2v) is 7.08. The van der Waals surface area contributed by atoms with Gasteiger partial charge in [-0.1, -0.05) is 31.2 Å². The number of guanidine groups is 1. The maximum Gasteiger partial charge on any atom is 0.242 e. The van der Waals surface area contributed by atoms with Gasteiger partial charge in [0.2, 0.25) is 11.8 Å². The number of nitrogens with one attached hydrogen (secondary N) is 2. The summed E-state index contributed by atoms with van der Waals surface area (Å²) >= 11 is 0. The lowest BCUT2D eigenvalue weighted by Gasteiger charge is -2.29. The first-order valence-corrected chi connectivity index (χ1v) is 9.70. The van der Waals surface area contributed by atoms with Crippen LogP contribution in [0, 0.1) is 0 Å². The van der Waals surface area contributed by atoms with E-state index in [2.05, 4.69) is 27.8 Å². The van der Waals surface area contributed by atoms with Gasteiger partial charge in [0.05, 0.1) is 6.54 Å². The number of hydrogen-bond donors (Lipinski definition) is 2. The summed E-state index contributed by atoms with van der Waals surface area (Å²) in [5, 5.41) is 6.44. The van der Waals surface area contributed by atoms with Gasteiger partial charge in [0.15, 0.2) is 5.96 Å². The number of amides is 2. The van der Waals surface area contributed by atoms with Crippen LogP contribution in [-0.4, -0.2) is 66.8 Å². The number of benzene rings is 1. The van der Waals surface area contributed by atoms with Crippen LogP contribution in [0.2, 0.25) is 0 Å². The van der Waals surface area contributed by atoms with E-state index in [1.54, 1.807) is 7.05 Å². The zero-order valence-corrected chi connectivity index (χ0v) is 18.9. The quantitative estimate of drug-likeness (QED) is 0.373. The summed E-state index contributed by atoms with van der Waals surface area (Å²) in [6.45, 7) is 4.97. The Balaban J connectivity index is 0.00000280. The predicted molar refractivity (Wildman–Crippen MR) is 121 cm³/mol. The summed E-state index contributed by atoms with van der Waals surface area (Å²) in [6, 6.07) is 8.46. The van der Waals surface area contributed by atoms with Crippen molar-refractivity contribution in [2.75, 3.05) is 33.2 Å². The standard InChI is InChI=1S/C20H29N5O2.HI/c1-3-18(26)25-11-9-17(14-25)23-20(21-2)22-12-19(27)24-10-8-15-6-4-5-7-16(15)13-24;/h4-7,17H,3,8-14H2,1-2H3,(H2,21,22,23);1H. The first-order chi connectivity index (χ1) is 13.1. The molecule has 1 aromatic carbocycles. The lowest BCUT2D eigenvalue weighted by Crippen LogP contribution is -2.49. The minimum absolute atomic E-state index is 0. The Bertz CT molecular complexity index is 724. The first kappa shape index (κ1) is 22.4. The number of fused-ring (bicyclic) bond motifs is 1. The Hall–Kier alpha value is -1.84. The van der Waals surface area contributed by atoms with Crippen LogP contribution >= 0.6 is 24.0 Å². The van der Waals surface area contributed by atoms with Crippen LogP contribution in [-0.2, 0) is 22.6 Å². The van der Waals surface area contributed by atoms with E-state index < -0.39 is 0 Å². The van der Waals surface area contributed by atoms with Crippen LogP contribution in [0.5, 0.6) is 0 Å². The largest absolute Gasteiger partial charge is 0.352 e. The highest BCUT2D eigenvalue weighted by atomic mass is 127. The summed E-state index contributed by atoms with van der Waals surface area (Å²) in [6.07, 6.45) is 2.33. The molecular formula is C20H30IN5O2. The zero-order valence-electron chi connectivity index (χ0n) is 16.6. The van der Waals surface area contributed by atoms with E-state index in [4.69, 9.17) is 0 Å². The number of hydrogen-bond acceptors (Lipinski definition) is 3. The minimum atomic E-state index is 0. The molecule has 0 radical (unpaired) electrons. The third-order valence-corrected chi connectivity index (χ3v) is 5.30. The Morgan fingerprint density at radius 1 is 1.14 bits per heavy atom. The molecule has 1 saturated heterocycles. The molecule has 1 aromatic rings. The summed E-state index contributed by atoms with van der Waals surface area (Å²) in [4.78, 5) is 32.3. The minimum Gasteiger partial charge on any atom is -0.352 e. The maximum atomic E-state index is 12.6. The molecule has 3 rings (SSSR count). The molecule has 1 atom stereocenters. The van der Waals surface area contributed by atoms with Crippen molar-refractivity contribution in [2.45, 2.75) is 38.8 Å². The number of nitrogens with zero attached hydrogens (tertiary/aromatic N) is 3. The van der Waals surface area contributed by atoms with E-state index in [0.29, 0.717) is 25.5 Å². The van der Waals surface area contributed by atoms with Gasteiger partial charge in [-0.05, 0) is 24.0 Å². The maximum absolute atomic E-state index is 12.6. The fourth-order valence-corrected chi connectivity index (χ4v) is 3.70. The molecule has 8 heteroatoms. The van der Waals surface area contributed by atoms with E-state index in [1.165, 1.54) is 11.1 Å². The van der Waals surface area contributed by atoms with Crippen molar-refractivity contribution in [3.63, 3.8) is 0 Å². The zero-order chi connectivity index (χ0) is 19.2. The molecule has 0 bridgehead atoms. The van der Waals surface area contributed by atoms with Gasteiger partial charge in [-0.3, -0.25) is 14.6 Å². The highest BCUT2D eigenvalue weighted by Crippen LogP contribution is 2.18. The second-order valence-electron chi connectivity index (χ2n) is 7.08. The molecule has 28 heavy (non-hydrogen) atoms. The first-order valence-electron chi connectivity index (χ1n) is 9.70. The Morgan fingerprint density at radius 2 is 1.89 bits per heavy atom. The monoisotopic (exact) mass is 499 g/mol. The fraction of sp³-hybridized carbons (Fsp3) is 0.550. The fourth-order valence-electron chi connectivity index (χ4n) is 3.70. The normalized spacial score (nSPS) is 18.9. The molecule has 154 valence electrons. The Kier molecular flexibility index (Phi) is 8.53. The molecule has 1 fully saturated rings. The van der Waals surface area contributed by atoms with Crippen molar-refractivity contribution >= 4 is 41.8 Å². The van der Waals surface area contributed by atoms with Gasteiger partial charge in [0.1, 0.15) is 0 Å². The smallest absolute Gasteiger partial charge is 0.242 e. The predicted octanol–water partition coefficient (Wildman–Crippen LogP) is 1.37. The highest BCUT2D eigenvalue weighted by Gasteiger charge is 2.26. The van der Waals surface area contributed by atoms with E-state index in [-0.39, 0.29) is 48.4 Å². The van der Waals surface area contributed by atoms with Gasteiger partial charge >= 0.3 is 0 Å². The molecule has 2 N–H and O–H groups in total. The van der Waals surface area contributed by atoms with E-state index in [1.807, 2.05) is 28.9 Å². The van der Waals surface area contributed by atoms with Gasteiger partial charge in [-0.25, -0.2) is 0 Å². The van der Waals surface area contributed by atoms with Crippen molar-refractivity contribution in [3.05, 3.63) is 35.4 Å². The molecule has 0 saturated carbocycles. The molecule has 2 amide bonds. The number of carbonyl (C=O) groups is 2. The SMILES string of the molecule is CCC(=O)N1CCC(NC(=NC)NCC(=O)N2CCc3ccccc3C2)C1.I. The molecule has 2 heterocycles. The average molecular weight is 499 g/mol. The topological polar surface area (TPSA) is 77.0 Å². The molecule has 0 aliphatic carbocycles. The average Bonchev–Trinajstić information content (AvgIpc) is 3.18. The van der Waals surface area contributed by atoms with Crippen molar-refractivity contribution in [2.24, 2.45) is 4.99 Å². The van der Waals surface area contributed by atoms with Crippen LogP contribution in [0.3, 0.4) is 0 Å². The summed E-state index contributed by atoms with van der Waals surface area (Å²) in [5.74, 6) is 0.862. The van der Waals surface area contributed by atoms with Crippen LogP contribution < -0.4 is 10.6 Å². The Morgan fingerprint density at radius 3 is 2.61 bits per heavy atom. The number of carbonyl (C=O) groups excluding carboxylic acids is 2. The van der Waals surface area contributed by atoms with Crippen LogP contribution in [0.25, 0.3) is 0 Å². The third-order valence-electron chi connectivity index (χ3n) is 5.30. The summed E-state index contributed by atoms with van der Waals surface area (Å²) < 4.78 is 0. The van der Waals surface area contributed by atoms with Crippen molar-refractivity contribution in [3.8, 4) is 0 Å². The molecule has 2 aliphatic rings. The number of halogens is 1. The van der Waals surface area contributed by atoms with Gasteiger partial charge in [0, 0.05) is 45.7 Å². The van der Waals surface area contributed by atoms with Gasteiger partial charge in [-0.15, -0.1) is 24.0 Å². The number of likely N-dealkylation sites (tertiary alicyclic amines) is 1. The molecule has 0 spiro atoms. The summed E-state index contributed by atoms with van der Waals surface area (Å²) in [7, 11) is 1.70. The van der Waals surface area contributed by atoms with Crippen molar-refractivity contribution in [1.29, 1.82) is 0 Å². The Labute approximate surface area is 184 Å². The molecule has 2 aliphatic heterocycles. The molecular weight excluding hydrogens is 469 g/mol. The highest BCUT2D eigenvalue weighted by molar-refractivity contribution is 14.0. The van der Waals surface area contributed by atoms with Crippen LogP contribution in [0.15, 0.2) is 29.3 Å². The van der Waals surface area contributed by atoms with Crippen molar-refractivity contribution in [1.82, 2.24) is 20.4 Å². The number of rotatable bonds is 4. The van der Waals surface area contributed by atoms with Gasteiger partial charge < -0.3 is 20.4 Å². The molecule has 1 unspecified atom stereocenters. The lowest BCUT2D eigenvalue weighted by molar-refractivity contribution is -0.131. The van der Waals surface area contributed by atoms with E-state index in [0.717, 1.165) is 25.9 Å². The van der Waals surface area contributed by atoms with E-state index in [9.17, 15) is 9.59 Å². The van der Waals surface area contributed by atoms with Gasteiger partial charge in [-0.2, -0.15) is 0 Å².